The number of methoxy groups -OCH3 is 2. The minimum Gasteiger partial charge on any atom is -0.497 e. The van der Waals surface area contributed by atoms with E-state index >= 15 is 0 Å². The number of H-pyrrole nitrogens is 1. The molecule has 12 nitrogen and oxygen atoms in total. The van der Waals surface area contributed by atoms with Crippen LogP contribution in [-0.4, -0.2) is 76.8 Å². The Balaban J connectivity index is 1.57. The summed E-state index contributed by atoms with van der Waals surface area (Å²) >= 11 is 1.25. The Morgan fingerprint density at radius 2 is 1.50 bits per heavy atom. The van der Waals surface area contributed by atoms with E-state index in [9.17, 15) is 14.4 Å². The van der Waals surface area contributed by atoms with E-state index in [0.29, 0.717) is 22.8 Å². The number of aryl methyl sites for hydroxylation is 1. The molecule has 3 aromatic carbocycles. The molecule has 58 heavy (non-hydrogen) atoms. The summed E-state index contributed by atoms with van der Waals surface area (Å²) in [7, 11) is 1.57. The van der Waals surface area contributed by atoms with Gasteiger partial charge in [0.1, 0.15) is 29.4 Å². The highest BCUT2D eigenvalue weighted by molar-refractivity contribution is 8.13. The van der Waals surface area contributed by atoms with Gasteiger partial charge in [0.2, 0.25) is 0 Å². The van der Waals surface area contributed by atoms with Crippen molar-refractivity contribution in [3.63, 3.8) is 0 Å². The van der Waals surface area contributed by atoms with Crippen LogP contribution in [-0.2, 0) is 28.9 Å². The maximum Gasteiger partial charge on any atom is 0.330 e. The van der Waals surface area contributed by atoms with E-state index in [4.69, 9.17) is 28.0 Å². The molecule has 314 valence electrons. The van der Waals surface area contributed by atoms with Gasteiger partial charge in [0, 0.05) is 41.4 Å². The molecule has 1 unspecified atom stereocenters. The Hall–Kier alpha value is -3.81. The molecule has 1 saturated heterocycles. The lowest BCUT2D eigenvalue weighted by atomic mass is 9.80. The van der Waals surface area contributed by atoms with E-state index < -0.39 is 49.2 Å². The second-order valence-electron chi connectivity index (χ2n) is 15.8. The number of nitrogens with zero attached hydrogens (tertiary/aromatic N) is 2. The van der Waals surface area contributed by atoms with Crippen molar-refractivity contribution in [2.45, 2.75) is 97.9 Å². The first-order valence-corrected chi connectivity index (χ1v) is 21.7. The molecular weight excluding hydrogens is 782 g/mol. The van der Waals surface area contributed by atoms with Gasteiger partial charge >= 0.3 is 5.69 Å². The Labute approximate surface area is 347 Å². The number of ether oxygens (including phenoxy) is 4. The summed E-state index contributed by atoms with van der Waals surface area (Å²) in [4.78, 5) is 40.8. The van der Waals surface area contributed by atoms with Crippen LogP contribution in [0.5, 0.6) is 11.5 Å². The number of hydrogen-bond acceptors (Lipinski definition) is 11. The van der Waals surface area contributed by atoms with Gasteiger partial charge in [-0.15, -0.1) is 0 Å². The Bertz CT molecular complexity index is 1990. The van der Waals surface area contributed by atoms with Crippen LogP contribution in [0.1, 0.15) is 83.4 Å². The van der Waals surface area contributed by atoms with Crippen molar-refractivity contribution in [1.29, 1.82) is 0 Å². The summed E-state index contributed by atoms with van der Waals surface area (Å²) in [6, 6.07) is 25.7. The highest BCUT2D eigenvalue weighted by atomic mass is 32.2. The Morgan fingerprint density at radius 3 is 2.02 bits per heavy atom. The van der Waals surface area contributed by atoms with Gasteiger partial charge in [0.25, 0.3) is 14.1 Å². The Morgan fingerprint density at radius 1 is 0.948 bits per heavy atom. The fraction of sp³-hybridized carbons (Fsp3) is 0.477. The second-order valence-corrected chi connectivity index (χ2v) is 18.3. The van der Waals surface area contributed by atoms with Gasteiger partial charge in [-0.05, 0) is 75.6 Å². The van der Waals surface area contributed by atoms with E-state index in [1.807, 2.05) is 99.6 Å². The molecule has 0 amide bonds. The summed E-state index contributed by atoms with van der Waals surface area (Å²) in [5, 5.41) is 0.0902. The van der Waals surface area contributed by atoms with Gasteiger partial charge in [0.15, 0.2) is 5.12 Å². The number of rotatable bonds is 18. The monoisotopic (exact) mass is 839 g/mol. The first-order valence-electron chi connectivity index (χ1n) is 19.6. The normalized spacial score (nSPS) is 17.9. The molecule has 5 rings (SSSR count). The van der Waals surface area contributed by atoms with Crippen molar-refractivity contribution in [3.8, 4) is 11.5 Å². The zero-order chi connectivity index (χ0) is 42.2. The molecule has 1 fully saturated rings. The molecule has 2 heterocycles. The fourth-order valence-electron chi connectivity index (χ4n) is 6.92. The minimum atomic E-state index is -1.69. The van der Waals surface area contributed by atoms with Gasteiger partial charge in [-0.2, -0.15) is 0 Å². The number of hydrogen-bond donors (Lipinski definition) is 1. The zero-order valence-electron chi connectivity index (χ0n) is 35.2. The van der Waals surface area contributed by atoms with Crippen molar-refractivity contribution in [1.82, 2.24) is 14.2 Å². The molecule has 4 aromatic rings. The summed E-state index contributed by atoms with van der Waals surface area (Å²) in [6.45, 7) is 16.1. The maximum absolute atomic E-state index is 13.3. The third kappa shape index (κ3) is 10.7. The first-order chi connectivity index (χ1) is 27.6. The van der Waals surface area contributed by atoms with Crippen molar-refractivity contribution in [2.75, 3.05) is 33.2 Å². The molecule has 1 aromatic heterocycles. The van der Waals surface area contributed by atoms with Crippen molar-refractivity contribution >= 4 is 25.4 Å². The lowest BCUT2D eigenvalue weighted by Gasteiger charge is -2.39. The Kier molecular flexibility index (Phi) is 15.6. The van der Waals surface area contributed by atoms with Crippen LogP contribution in [0.4, 0.5) is 0 Å². The highest BCUT2D eigenvalue weighted by Gasteiger charge is 2.45. The number of thioether (sulfide) groups is 1. The number of aromatic nitrogens is 2. The van der Waals surface area contributed by atoms with E-state index in [1.165, 1.54) is 22.5 Å². The highest BCUT2D eigenvalue weighted by Crippen LogP contribution is 2.51. The number of carbonyl (C=O) groups excluding carboxylic acids is 1. The van der Waals surface area contributed by atoms with Crippen LogP contribution in [0.2, 0.25) is 0 Å². The maximum atomic E-state index is 13.3. The van der Waals surface area contributed by atoms with Crippen molar-refractivity contribution < 1.29 is 32.8 Å². The van der Waals surface area contributed by atoms with Crippen LogP contribution < -0.4 is 20.7 Å². The first kappa shape index (κ1) is 45.3. The van der Waals surface area contributed by atoms with Gasteiger partial charge in [0.05, 0.1) is 33.5 Å². The molecule has 1 N–H and O–H groups in total. The smallest absolute Gasteiger partial charge is 0.330 e. The third-order valence-corrected chi connectivity index (χ3v) is 13.3. The van der Waals surface area contributed by atoms with Crippen LogP contribution in [0, 0.1) is 12.3 Å². The largest absolute Gasteiger partial charge is 0.497 e. The molecule has 1 aliphatic heterocycles. The second kappa shape index (κ2) is 20.0. The summed E-state index contributed by atoms with van der Waals surface area (Å²) < 4.78 is 42.3. The van der Waals surface area contributed by atoms with Crippen LogP contribution in [0.3, 0.4) is 0 Å². The fourth-order valence-corrected chi connectivity index (χ4v) is 9.59. The number of carbonyl (C=O) groups is 1. The number of nitrogens with one attached hydrogen (secondary N) is 1. The van der Waals surface area contributed by atoms with Crippen LogP contribution in [0.25, 0.3) is 0 Å². The van der Waals surface area contributed by atoms with Crippen LogP contribution in [0.15, 0.2) is 94.6 Å². The summed E-state index contributed by atoms with van der Waals surface area (Å²) in [6.07, 6.45) is -0.300. The van der Waals surface area contributed by atoms with Gasteiger partial charge in [-0.3, -0.25) is 19.1 Å². The predicted octanol–water partition coefficient (Wildman–Crippen LogP) is 8.21. The summed E-state index contributed by atoms with van der Waals surface area (Å²) in [5.41, 5.74) is 0.304. The molecule has 0 saturated carbocycles. The molecule has 4 atom stereocenters. The molecule has 1 aliphatic rings. The standard InChI is InChI=1S/C44H58N3O9PS/c1-29(2)47(30(3)4)57(54-24-25-58-41(49)43(6,7)8)56-37-26-39(46-27-31(5)40(48)45-42(46)50)55-38(37)28-53-44(32-14-12-11-13-15-32,33-16-20-35(51-9)21-17-33)34-18-22-36(52-10)23-19-34/h11-23,27,29-30,37-39H,24-26,28H2,1-10H3,(H,45,48,50)/t37-,38+,39+,57?/m0/s1/i27+2,40+2. The van der Waals surface area contributed by atoms with Crippen LogP contribution >= 0.6 is 20.3 Å². The SMILES string of the molecule is COc1ccc(C(OC[C@H]2O[C@@H](n3[14cH]c(C)[14c](=O)[nH]c3=O)C[C@@H]2OP(OCCSC(=O)C(C)(C)C)N(C(C)C)C(C)C)(c2ccccc2)c2ccc(OC)cc2)cc1. The average Bonchev–Trinajstić information content (AvgIpc) is 3.60. The van der Waals surface area contributed by atoms with Crippen molar-refractivity contribution in [2.24, 2.45) is 5.41 Å². The molecule has 0 bridgehead atoms. The zero-order valence-corrected chi connectivity index (χ0v) is 36.9. The van der Waals surface area contributed by atoms with E-state index in [-0.39, 0.29) is 36.8 Å². The molecule has 0 radical (unpaired) electrons. The van der Waals surface area contributed by atoms with Gasteiger partial charge < -0.3 is 28.0 Å². The number of benzene rings is 3. The third-order valence-electron chi connectivity index (χ3n) is 9.88. The average molecular weight is 840 g/mol. The van der Waals surface area contributed by atoms with Gasteiger partial charge in [-0.1, -0.05) is 87.1 Å². The summed E-state index contributed by atoms with van der Waals surface area (Å²) in [5.74, 6) is 1.87. The van der Waals surface area contributed by atoms with E-state index in [0.717, 1.165) is 16.7 Å². The lowest BCUT2D eigenvalue weighted by Crippen LogP contribution is -2.39. The molecule has 14 heteroatoms. The quantitative estimate of drug-likeness (QED) is 0.0591. The number of aromatic amines is 1. The molecular formula is C44H58N3O9PS. The minimum absolute atomic E-state index is 0.0354. The lowest BCUT2D eigenvalue weighted by molar-refractivity contribution is -0.117. The molecule has 0 aliphatic carbocycles. The molecule has 0 spiro atoms. The van der Waals surface area contributed by atoms with E-state index in [2.05, 4.69) is 37.3 Å². The predicted molar refractivity (Wildman–Crippen MR) is 230 cm³/mol. The van der Waals surface area contributed by atoms with Crippen molar-refractivity contribution in [3.05, 3.63) is 128 Å². The van der Waals surface area contributed by atoms with E-state index in [1.54, 1.807) is 21.1 Å². The van der Waals surface area contributed by atoms with Gasteiger partial charge in [-0.25, -0.2) is 9.46 Å². The topological polar surface area (TPSA) is 131 Å².